The number of hydrogen-bond donors (Lipinski definition) is 2. The lowest BCUT2D eigenvalue weighted by atomic mass is 9.81. The number of benzene rings is 1. The van der Waals surface area contributed by atoms with E-state index in [0.717, 1.165) is 32.1 Å². The second kappa shape index (κ2) is 16.0. The van der Waals surface area contributed by atoms with Crippen molar-refractivity contribution in [3.05, 3.63) is 30.5 Å². The van der Waals surface area contributed by atoms with E-state index in [1.165, 1.54) is 4.90 Å². The van der Waals surface area contributed by atoms with E-state index in [-0.39, 0.29) is 43.7 Å². The fourth-order valence-electron chi connectivity index (χ4n) is 8.92. The minimum absolute atomic E-state index is 0.0503. The molecule has 1 aromatic heterocycles. The highest BCUT2D eigenvalue weighted by atomic mass is 32.2. The van der Waals surface area contributed by atoms with Crippen LogP contribution in [0.1, 0.15) is 112 Å². The van der Waals surface area contributed by atoms with Crippen LogP contribution in [0.25, 0.3) is 10.8 Å². The van der Waals surface area contributed by atoms with E-state index >= 15 is 0 Å². The smallest absolute Gasteiger partial charge is 0.427 e. The van der Waals surface area contributed by atoms with Crippen LogP contribution in [0.2, 0.25) is 0 Å². The SMILES string of the molecule is C[C@@H]1CCC(O)C[C@@H]2C[C@@]2(C(=O)NS(=O)(=O)C2(C)CC2)CC(=O)[C@@H]2C[C@@H](Oc3ncc(OC4CC4)c4ccccc34)CN2C(=O)[C@@H](CC(=O)OC(C)(C)C(F)(F)F)[C@H](C)C1. The predicted octanol–water partition coefficient (Wildman–Crippen LogP) is 6.19. The van der Waals surface area contributed by atoms with Crippen molar-refractivity contribution < 1.29 is 60.1 Å². The molecule has 17 heteroatoms. The first-order chi connectivity index (χ1) is 28.0. The number of hydrogen-bond acceptors (Lipinski definition) is 11. The van der Waals surface area contributed by atoms with E-state index in [2.05, 4.69) is 9.71 Å². The van der Waals surface area contributed by atoms with Crippen molar-refractivity contribution in [3.63, 3.8) is 0 Å². The first-order valence-corrected chi connectivity index (χ1v) is 22.6. The Hall–Kier alpha value is -3.99. The van der Waals surface area contributed by atoms with Crippen molar-refractivity contribution >= 4 is 44.4 Å². The van der Waals surface area contributed by atoms with Crippen LogP contribution in [0.5, 0.6) is 11.6 Å². The number of amides is 2. The van der Waals surface area contributed by atoms with Crippen molar-refractivity contribution in [2.75, 3.05) is 6.54 Å². The number of esters is 1. The van der Waals surface area contributed by atoms with Crippen LogP contribution in [-0.2, 0) is 33.9 Å². The number of ether oxygens (including phenoxy) is 3. The summed E-state index contributed by atoms with van der Waals surface area (Å²) in [7, 11) is -4.08. The Morgan fingerprint density at radius 1 is 0.983 bits per heavy atom. The molecule has 3 saturated carbocycles. The zero-order valence-electron chi connectivity index (χ0n) is 34.8. The summed E-state index contributed by atoms with van der Waals surface area (Å²) in [4.78, 5) is 62.9. The van der Waals surface area contributed by atoms with Crippen molar-refractivity contribution in [1.82, 2.24) is 14.6 Å². The molecule has 2 aliphatic heterocycles. The Morgan fingerprint density at radius 2 is 1.67 bits per heavy atom. The van der Waals surface area contributed by atoms with Gasteiger partial charge < -0.3 is 24.2 Å². The molecule has 2 saturated heterocycles. The number of carbonyl (C=O) groups excluding carboxylic acids is 4. The van der Waals surface area contributed by atoms with E-state index in [4.69, 9.17) is 14.2 Å². The van der Waals surface area contributed by atoms with E-state index in [0.29, 0.717) is 43.2 Å². The van der Waals surface area contributed by atoms with Crippen LogP contribution in [0, 0.1) is 29.1 Å². The molecular weight excluding hydrogens is 808 g/mol. The molecule has 7 rings (SSSR count). The van der Waals surface area contributed by atoms with E-state index in [1.54, 1.807) is 20.0 Å². The molecule has 0 radical (unpaired) electrons. The molecule has 13 nitrogen and oxygen atoms in total. The highest BCUT2D eigenvalue weighted by Gasteiger charge is 2.64. The fourth-order valence-corrected chi connectivity index (χ4v) is 10.3. The molecule has 1 aromatic carbocycles. The number of nitrogens with zero attached hydrogens (tertiary/aromatic N) is 2. The van der Waals surface area contributed by atoms with Gasteiger partial charge >= 0.3 is 12.1 Å². The van der Waals surface area contributed by atoms with Crippen LogP contribution in [0.15, 0.2) is 30.5 Å². The van der Waals surface area contributed by atoms with Gasteiger partial charge in [-0.3, -0.25) is 23.9 Å². The van der Waals surface area contributed by atoms with Crippen molar-refractivity contribution in [1.29, 1.82) is 0 Å². The van der Waals surface area contributed by atoms with Crippen molar-refractivity contribution in [3.8, 4) is 11.6 Å². The largest absolute Gasteiger partial charge is 0.488 e. The van der Waals surface area contributed by atoms with Gasteiger partial charge in [-0.1, -0.05) is 32.0 Å². The zero-order valence-corrected chi connectivity index (χ0v) is 35.6. The molecule has 0 bridgehead atoms. The number of aliphatic hydroxyl groups is 1. The Kier molecular flexibility index (Phi) is 11.8. The second-order valence-corrected chi connectivity index (χ2v) is 21.1. The quantitative estimate of drug-likeness (QED) is 0.261. The minimum atomic E-state index is -4.88. The predicted molar refractivity (Wildman–Crippen MR) is 212 cm³/mol. The van der Waals surface area contributed by atoms with Crippen LogP contribution in [-0.4, -0.2) is 94.4 Å². The average Bonchev–Trinajstić information content (AvgIpc) is 4.12. The van der Waals surface area contributed by atoms with E-state index in [1.807, 2.05) is 31.2 Å². The third-order valence-corrected chi connectivity index (χ3v) is 15.7. The number of aromatic nitrogens is 1. The lowest BCUT2D eigenvalue weighted by Gasteiger charge is -2.33. The Morgan fingerprint density at radius 3 is 2.32 bits per heavy atom. The number of fused-ring (bicyclic) bond motifs is 3. The van der Waals surface area contributed by atoms with Gasteiger partial charge in [0.05, 0.1) is 53.5 Å². The Bertz CT molecular complexity index is 2120. The van der Waals surface area contributed by atoms with Gasteiger partial charge in [0.2, 0.25) is 33.3 Å². The molecule has 2 aromatic rings. The number of carbonyl (C=O) groups is 4. The second-order valence-electron chi connectivity index (χ2n) is 18.9. The highest BCUT2D eigenvalue weighted by Crippen LogP contribution is 2.59. The number of sulfonamides is 1. The summed E-state index contributed by atoms with van der Waals surface area (Å²) in [6, 6.07) is 6.14. The summed E-state index contributed by atoms with van der Waals surface area (Å²) < 4.78 is 86.6. The standard InChI is InChI=1S/C43H56F3N3O10S/c1-24-10-11-27(50)17-26-20-42(26,39(54)48-60(55,56)41(5)14-15-41)21-34(51)33-18-29(58-37-31-9-7-6-8-30(31)35(22-47-37)57-28-12-13-28)23-49(33)38(53)32(25(2)16-24)19-36(52)59-40(3,4)43(44,45)46/h6-9,22,24-29,32-33,50H,10-21,23H2,1-5H3,(H,48,54)/t24-,25-,26-,27?,29-,32+,33+,42-/m1/s1. The number of Topliss-reactive ketones (excluding diaryl/α,β-unsaturated/α-hetero) is 1. The van der Waals surface area contributed by atoms with Gasteiger partial charge in [-0.05, 0) is 102 Å². The van der Waals surface area contributed by atoms with Gasteiger partial charge in [0.25, 0.3) is 0 Å². The molecule has 3 heterocycles. The Balaban J connectivity index is 1.22. The summed E-state index contributed by atoms with van der Waals surface area (Å²) in [6.45, 7) is 6.49. The zero-order chi connectivity index (χ0) is 43.6. The first-order valence-electron chi connectivity index (χ1n) is 21.1. The van der Waals surface area contributed by atoms with Crippen LogP contribution in [0.4, 0.5) is 13.2 Å². The molecule has 60 heavy (non-hydrogen) atoms. The number of nitrogens with one attached hydrogen (secondary N) is 1. The third-order valence-electron chi connectivity index (χ3n) is 13.5. The summed E-state index contributed by atoms with van der Waals surface area (Å²) >= 11 is 0. The summed E-state index contributed by atoms with van der Waals surface area (Å²) in [5, 5.41) is 12.5. The van der Waals surface area contributed by atoms with Gasteiger partial charge in [0.15, 0.2) is 5.78 Å². The highest BCUT2D eigenvalue weighted by molar-refractivity contribution is 7.91. The molecule has 8 atom stereocenters. The maximum absolute atomic E-state index is 14.9. The summed E-state index contributed by atoms with van der Waals surface area (Å²) in [5.74, 6) is -4.84. The van der Waals surface area contributed by atoms with Gasteiger partial charge in [0, 0.05) is 23.6 Å². The van der Waals surface area contributed by atoms with Crippen LogP contribution >= 0.6 is 0 Å². The Labute approximate surface area is 348 Å². The normalized spacial score (nSPS) is 31.3. The topological polar surface area (TPSA) is 178 Å². The molecular formula is C43H56F3N3O10S. The molecule has 2 amide bonds. The number of rotatable bonds is 10. The molecule has 5 fully saturated rings. The number of pyridine rings is 1. The molecule has 1 unspecified atom stereocenters. The average molecular weight is 864 g/mol. The maximum atomic E-state index is 14.9. The van der Waals surface area contributed by atoms with Gasteiger partial charge in [-0.25, -0.2) is 13.4 Å². The summed E-state index contributed by atoms with van der Waals surface area (Å²) in [5.41, 5.74) is -4.30. The molecule has 3 aliphatic carbocycles. The molecule has 2 N–H and O–H groups in total. The lowest BCUT2D eigenvalue weighted by molar-refractivity contribution is -0.257. The molecule has 0 spiro atoms. The lowest BCUT2D eigenvalue weighted by Crippen LogP contribution is -2.48. The third kappa shape index (κ3) is 9.12. The van der Waals surface area contributed by atoms with E-state index < -0.39 is 104 Å². The number of ketones is 1. The maximum Gasteiger partial charge on any atom is 0.427 e. The minimum Gasteiger partial charge on any atom is -0.488 e. The number of alkyl halides is 3. The summed E-state index contributed by atoms with van der Waals surface area (Å²) in [6.07, 6.45) is -2.00. The van der Waals surface area contributed by atoms with Gasteiger partial charge in [-0.2, -0.15) is 13.2 Å². The van der Waals surface area contributed by atoms with Crippen LogP contribution < -0.4 is 14.2 Å². The van der Waals surface area contributed by atoms with Gasteiger partial charge in [-0.15, -0.1) is 0 Å². The van der Waals surface area contributed by atoms with Gasteiger partial charge in [0.1, 0.15) is 11.9 Å². The number of halogens is 3. The van der Waals surface area contributed by atoms with Crippen molar-refractivity contribution in [2.45, 2.75) is 153 Å². The van der Waals surface area contributed by atoms with Crippen LogP contribution in [0.3, 0.4) is 0 Å². The van der Waals surface area contributed by atoms with E-state index in [9.17, 15) is 45.9 Å². The molecule has 330 valence electrons. The van der Waals surface area contributed by atoms with Crippen molar-refractivity contribution in [2.24, 2.45) is 29.1 Å². The first kappa shape index (κ1) is 44.1. The number of aliphatic hydroxyl groups excluding tert-OH is 1. The fraction of sp³-hybridized carbons (Fsp3) is 0.698. The monoisotopic (exact) mass is 863 g/mol. The molecule has 5 aliphatic rings.